The molecule has 5 nitrogen and oxygen atoms in total. The first-order valence-corrected chi connectivity index (χ1v) is 8.87. The van der Waals surface area contributed by atoms with Gasteiger partial charge in [0.05, 0.1) is 0 Å². The molecule has 0 amide bonds. The number of aromatic nitrogens is 5. The lowest BCUT2D eigenvalue weighted by Crippen LogP contribution is -1.99. The molecule has 0 saturated carbocycles. The number of benzene rings is 1. The van der Waals surface area contributed by atoms with Crippen LogP contribution in [0.2, 0.25) is 5.02 Å². The highest BCUT2D eigenvalue weighted by Crippen LogP contribution is 2.31. The second kappa shape index (κ2) is 6.76. The van der Waals surface area contributed by atoms with Crippen LogP contribution in [0.25, 0.3) is 11.4 Å². The zero-order valence-electron chi connectivity index (χ0n) is 12.2. The van der Waals surface area contributed by atoms with E-state index in [-0.39, 0.29) is 0 Å². The van der Waals surface area contributed by atoms with Crippen molar-refractivity contribution in [3.8, 4) is 11.4 Å². The Balaban J connectivity index is 1.93. The van der Waals surface area contributed by atoms with Crippen LogP contribution in [0.3, 0.4) is 0 Å². The molecule has 2 aromatic heterocycles. The van der Waals surface area contributed by atoms with Crippen molar-refractivity contribution in [2.45, 2.75) is 36.3 Å². The maximum atomic E-state index is 6.07. The van der Waals surface area contributed by atoms with Gasteiger partial charge in [0.25, 0.3) is 0 Å². The fourth-order valence-corrected chi connectivity index (χ4v) is 3.88. The van der Waals surface area contributed by atoms with Crippen LogP contribution in [0, 0.1) is 0 Å². The molecule has 0 spiro atoms. The second-order valence-corrected chi connectivity index (χ2v) is 6.90. The lowest BCUT2D eigenvalue weighted by atomic mass is 10.2. The second-order valence-electron chi connectivity index (χ2n) is 4.49. The zero-order valence-corrected chi connectivity index (χ0v) is 14.5. The first-order valence-electron chi connectivity index (χ1n) is 6.90. The van der Waals surface area contributed by atoms with E-state index < -0.39 is 0 Å². The molecule has 0 radical (unpaired) electrons. The number of rotatable bonds is 5. The van der Waals surface area contributed by atoms with E-state index in [0.29, 0.717) is 5.02 Å². The van der Waals surface area contributed by atoms with Crippen molar-refractivity contribution in [3.63, 3.8) is 0 Å². The van der Waals surface area contributed by atoms with Crippen molar-refractivity contribution in [2.24, 2.45) is 0 Å². The predicted octanol–water partition coefficient (Wildman–Crippen LogP) is 4.18. The van der Waals surface area contributed by atoms with Crippen LogP contribution in [0.1, 0.15) is 19.7 Å². The maximum Gasteiger partial charge on any atom is 0.198 e. The van der Waals surface area contributed by atoms with E-state index in [1.54, 1.807) is 0 Å². The van der Waals surface area contributed by atoms with Gasteiger partial charge in [-0.15, -0.1) is 10.2 Å². The van der Waals surface area contributed by atoms with E-state index in [1.165, 1.54) is 23.3 Å². The van der Waals surface area contributed by atoms with Gasteiger partial charge in [0.1, 0.15) is 5.82 Å². The van der Waals surface area contributed by atoms with Gasteiger partial charge in [-0.25, -0.2) is 4.98 Å². The smallest absolute Gasteiger partial charge is 0.198 e. The van der Waals surface area contributed by atoms with Crippen molar-refractivity contribution < 1.29 is 0 Å². The summed E-state index contributed by atoms with van der Waals surface area (Å²) in [4.78, 5) is 4.46. The molecule has 0 fully saturated rings. The highest BCUT2D eigenvalue weighted by atomic mass is 35.5. The Kier molecular flexibility index (Phi) is 4.75. The van der Waals surface area contributed by atoms with Crippen molar-refractivity contribution in [1.29, 1.82) is 0 Å². The number of halogens is 1. The van der Waals surface area contributed by atoms with Gasteiger partial charge in [0, 0.05) is 23.6 Å². The third kappa shape index (κ3) is 3.16. The van der Waals surface area contributed by atoms with Crippen LogP contribution in [0.5, 0.6) is 0 Å². The molecule has 0 aliphatic rings. The molecule has 3 aromatic rings. The van der Waals surface area contributed by atoms with Crippen LogP contribution in [0.15, 0.2) is 33.8 Å². The monoisotopic (exact) mass is 351 g/mol. The van der Waals surface area contributed by atoms with Crippen LogP contribution in [-0.2, 0) is 13.0 Å². The molecular weight excluding hydrogens is 338 g/mol. The van der Waals surface area contributed by atoms with Crippen molar-refractivity contribution in [1.82, 2.24) is 24.1 Å². The Morgan fingerprint density at radius 2 is 2.14 bits per heavy atom. The van der Waals surface area contributed by atoms with E-state index >= 15 is 0 Å². The molecule has 0 N–H and O–H groups in total. The van der Waals surface area contributed by atoms with Gasteiger partial charge in [-0.3, -0.25) is 0 Å². The average molecular weight is 352 g/mol. The molecule has 8 heteroatoms. The Labute approximate surface area is 141 Å². The first kappa shape index (κ1) is 15.5. The highest BCUT2D eigenvalue weighted by molar-refractivity contribution is 8.00. The number of aryl methyl sites for hydroxylation is 1. The van der Waals surface area contributed by atoms with E-state index in [2.05, 4.69) is 31.0 Å². The lowest BCUT2D eigenvalue weighted by molar-refractivity contribution is 0.687. The van der Waals surface area contributed by atoms with E-state index in [1.807, 2.05) is 31.2 Å². The van der Waals surface area contributed by atoms with Gasteiger partial charge >= 0.3 is 0 Å². The lowest BCUT2D eigenvalue weighted by Gasteiger charge is -2.06. The summed E-state index contributed by atoms with van der Waals surface area (Å²) in [6, 6.07) is 7.64. The molecule has 1 aromatic carbocycles. The van der Waals surface area contributed by atoms with Crippen LogP contribution < -0.4 is 0 Å². The zero-order chi connectivity index (χ0) is 15.5. The molecule has 2 heterocycles. The third-order valence-corrected chi connectivity index (χ3v) is 5.07. The fourth-order valence-electron chi connectivity index (χ4n) is 1.99. The van der Waals surface area contributed by atoms with Gasteiger partial charge in [0.2, 0.25) is 0 Å². The Morgan fingerprint density at radius 1 is 1.27 bits per heavy atom. The Bertz CT molecular complexity index is 783. The van der Waals surface area contributed by atoms with Gasteiger partial charge in [0.15, 0.2) is 15.3 Å². The normalized spacial score (nSPS) is 11.0. The quantitative estimate of drug-likeness (QED) is 0.690. The summed E-state index contributed by atoms with van der Waals surface area (Å²) in [6.45, 7) is 4.89. The molecule has 22 heavy (non-hydrogen) atoms. The number of hydrogen-bond donors (Lipinski definition) is 0. The number of hydrogen-bond acceptors (Lipinski definition) is 6. The fraction of sp³-hybridized carbons (Fsp3) is 0.286. The standard InChI is InChI=1S/C14H14ClN5S2/c1-3-11-16-14(22-19-11)21-13-18-17-12(20(13)4-2)9-6-5-7-10(15)8-9/h5-8H,3-4H2,1-2H3. The topological polar surface area (TPSA) is 56.5 Å². The molecule has 0 aliphatic carbocycles. The van der Waals surface area contributed by atoms with Gasteiger partial charge < -0.3 is 4.57 Å². The Morgan fingerprint density at radius 3 is 2.82 bits per heavy atom. The molecule has 3 rings (SSSR count). The molecule has 0 saturated heterocycles. The first-order chi connectivity index (χ1) is 10.7. The van der Waals surface area contributed by atoms with Gasteiger partial charge in [-0.05, 0) is 42.4 Å². The van der Waals surface area contributed by atoms with Gasteiger partial charge in [-0.2, -0.15) is 4.37 Å². The molecule has 114 valence electrons. The molecule has 0 atom stereocenters. The van der Waals surface area contributed by atoms with Crippen LogP contribution in [-0.4, -0.2) is 24.1 Å². The van der Waals surface area contributed by atoms with Gasteiger partial charge in [-0.1, -0.05) is 30.7 Å². The predicted molar refractivity (Wildman–Crippen MR) is 89.6 cm³/mol. The summed E-state index contributed by atoms with van der Waals surface area (Å²) < 4.78 is 7.24. The highest BCUT2D eigenvalue weighted by Gasteiger charge is 2.16. The van der Waals surface area contributed by atoms with Crippen LogP contribution in [0.4, 0.5) is 0 Å². The van der Waals surface area contributed by atoms with Crippen molar-refractivity contribution in [2.75, 3.05) is 0 Å². The minimum atomic E-state index is 0.689. The summed E-state index contributed by atoms with van der Waals surface area (Å²) in [5.74, 6) is 1.68. The molecule has 0 bridgehead atoms. The summed E-state index contributed by atoms with van der Waals surface area (Å²) in [7, 11) is 0. The largest absolute Gasteiger partial charge is 0.302 e. The summed E-state index contributed by atoms with van der Waals surface area (Å²) in [5.41, 5.74) is 0.959. The third-order valence-electron chi connectivity index (χ3n) is 3.06. The molecule has 0 aliphatic heterocycles. The minimum Gasteiger partial charge on any atom is -0.302 e. The van der Waals surface area contributed by atoms with E-state index in [0.717, 1.165) is 39.7 Å². The van der Waals surface area contributed by atoms with E-state index in [4.69, 9.17) is 11.6 Å². The average Bonchev–Trinajstić information content (AvgIpc) is 3.14. The summed E-state index contributed by atoms with van der Waals surface area (Å²) in [5, 5.41) is 10.1. The summed E-state index contributed by atoms with van der Waals surface area (Å²) in [6.07, 6.45) is 0.839. The summed E-state index contributed by atoms with van der Waals surface area (Å²) >= 11 is 8.96. The molecular formula is C14H14ClN5S2. The van der Waals surface area contributed by atoms with Crippen LogP contribution >= 0.6 is 34.9 Å². The minimum absolute atomic E-state index is 0.689. The van der Waals surface area contributed by atoms with Crippen molar-refractivity contribution >= 4 is 34.9 Å². The SMILES string of the molecule is CCc1nsc(Sc2nnc(-c3cccc(Cl)c3)n2CC)n1. The molecule has 0 unspecified atom stereocenters. The maximum absolute atomic E-state index is 6.07. The number of nitrogens with zero attached hydrogens (tertiary/aromatic N) is 5. The Hall–Kier alpha value is -1.44. The van der Waals surface area contributed by atoms with Crippen molar-refractivity contribution in [3.05, 3.63) is 35.1 Å². The van der Waals surface area contributed by atoms with E-state index in [9.17, 15) is 0 Å².